The highest BCUT2D eigenvalue weighted by Crippen LogP contribution is 2.20. The first-order valence-corrected chi connectivity index (χ1v) is 10.5. The molecule has 4 aromatic carbocycles. The summed E-state index contributed by atoms with van der Waals surface area (Å²) in [6, 6.07) is 19.3. The Kier molecular flexibility index (Phi) is 6.67. The average molecular weight is 440 g/mol. The lowest BCUT2D eigenvalue weighted by atomic mass is 10.1. The molecule has 0 fully saturated rings. The molecule has 0 aromatic heterocycles. The average Bonchev–Trinajstić information content (AvgIpc) is 2.82. The maximum atomic E-state index is 14.5. The Morgan fingerprint density at radius 1 is 0.606 bits per heavy atom. The molecule has 0 radical (unpaired) electrons. The van der Waals surface area contributed by atoms with Gasteiger partial charge in [0.25, 0.3) is 0 Å². The molecule has 0 aliphatic heterocycles. The Morgan fingerprint density at radius 3 is 1.94 bits per heavy atom. The summed E-state index contributed by atoms with van der Waals surface area (Å²) >= 11 is 0. The molecule has 0 aliphatic carbocycles. The van der Waals surface area contributed by atoms with Crippen LogP contribution < -0.4 is 4.74 Å². The van der Waals surface area contributed by atoms with Crippen LogP contribution in [0.5, 0.6) is 5.75 Å². The van der Waals surface area contributed by atoms with E-state index in [4.69, 9.17) is 4.74 Å². The zero-order valence-corrected chi connectivity index (χ0v) is 17.9. The maximum Gasteiger partial charge on any atom is 0.159 e. The minimum atomic E-state index is -0.920. The molecule has 33 heavy (non-hydrogen) atoms. The molecule has 4 rings (SSSR count). The van der Waals surface area contributed by atoms with Gasteiger partial charge >= 0.3 is 0 Å². The standard InChI is InChI=1S/C29H19F3O/c1-2-15-33-26-13-8-20(9-14-26)3-4-22-6-11-23(27(30)17-22)10-5-21-7-12-24-18-28(31)29(32)19-25(24)16-21/h6-9,11-14,16-19H,2,15H2,1H3. The molecule has 1 nitrogen and oxygen atoms in total. The van der Waals surface area contributed by atoms with E-state index in [9.17, 15) is 13.2 Å². The molecule has 0 N–H and O–H groups in total. The van der Waals surface area contributed by atoms with Crippen LogP contribution >= 0.6 is 0 Å². The van der Waals surface area contributed by atoms with Crippen molar-refractivity contribution in [3.05, 3.63) is 113 Å². The molecule has 0 saturated carbocycles. The van der Waals surface area contributed by atoms with Gasteiger partial charge in [-0.3, -0.25) is 0 Å². The third kappa shape index (κ3) is 5.56. The maximum absolute atomic E-state index is 14.5. The van der Waals surface area contributed by atoms with Gasteiger partial charge in [-0.15, -0.1) is 0 Å². The van der Waals surface area contributed by atoms with E-state index in [0.29, 0.717) is 28.5 Å². The minimum Gasteiger partial charge on any atom is -0.494 e. The quantitative estimate of drug-likeness (QED) is 0.317. The van der Waals surface area contributed by atoms with Crippen molar-refractivity contribution in [1.82, 2.24) is 0 Å². The van der Waals surface area contributed by atoms with Crippen molar-refractivity contribution >= 4 is 10.8 Å². The third-order valence-electron chi connectivity index (χ3n) is 4.87. The van der Waals surface area contributed by atoms with E-state index in [1.807, 2.05) is 31.2 Å². The SMILES string of the molecule is CCCOc1ccc(C#Cc2ccc(C#Cc3ccc4cc(F)c(F)cc4c3)c(F)c2)cc1. The number of fused-ring (bicyclic) bond motifs is 1. The number of hydrogen-bond donors (Lipinski definition) is 0. The summed E-state index contributed by atoms with van der Waals surface area (Å²) in [6.07, 6.45) is 0.941. The van der Waals surface area contributed by atoms with E-state index in [-0.39, 0.29) is 5.56 Å². The lowest BCUT2D eigenvalue weighted by molar-refractivity contribution is 0.317. The first-order chi connectivity index (χ1) is 16.0. The minimum absolute atomic E-state index is 0.225. The number of benzene rings is 4. The first-order valence-electron chi connectivity index (χ1n) is 10.5. The molecule has 162 valence electrons. The second kappa shape index (κ2) is 9.98. The molecular formula is C29H19F3O. The zero-order valence-electron chi connectivity index (χ0n) is 17.9. The van der Waals surface area contributed by atoms with Gasteiger partial charge in [-0.1, -0.05) is 36.7 Å². The largest absolute Gasteiger partial charge is 0.494 e. The second-order valence-electron chi connectivity index (χ2n) is 7.40. The van der Waals surface area contributed by atoms with Crippen molar-refractivity contribution in [2.24, 2.45) is 0 Å². The summed E-state index contributed by atoms with van der Waals surface area (Å²) < 4.78 is 46.9. The Morgan fingerprint density at radius 2 is 1.21 bits per heavy atom. The van der Waals surface area contributed by atoms with Crippen LogP contribution in [0, 0.1) is 41.1 Å². The van der Waals surface area contributed by atoms with Gasteiger partial charge in [0.05, 0.1) is 12.2 Å². The monoisotopic (exact) mass is 440 g/mol. The number of ether oxygens (including phenoxy) is 1. The molecule has 0 unspecified atom stereocenters. The fraction of sp³-hybridized carbons (Fsp3) is 0.103. The summed E-state index contributed by atoms with van der Waals surface area (Å²) in [7, 11) is 0. The number of hydrogen-bond acceptors (Lipinski definition) is 1. The highest BCUT2D eigenvalue weighted by atomic mass is 19.2. The Balaban J connectivity index is 1.50. The van der Waals surface area contributed by atoms with Crippen molar-refractivity contribution in [2.75, 3.05) is 6.61 Å². The van der Waals surface area contributed by atoms with Gasteiger partial charge in [-0.05, 0) is 83.9 Å². The third-order valence-corrected chi connectivity index (χ3v) is 4.87. The summed E-state index contributed by atoms with van der Waals surface area (Å²) in [6.45, 7) is 2.71. The molecule has 4 heteroatoms. The highest BCUT2D eigenvalue weighted by molar-refractivity contribution is 5.84. The molecule has 0 saturated heterocycles. The van der Waals surface area contributed by atoms with E-state index in [1.165, 1.54) is 6.07 Å². The van der Waals surface area contributed by atoms with Crippen molar-refractivity contribution < 1.29 is 17.9 Å². The smallest absolute Gasteiger partial charge is 0.159 e. The van der Waals surface area contributed by atoms with Gasteiger partial charge in [-0.2, -0.15) is 0 Å². The molecule has 0 heterocycles. The molecule has 0 atom stereocenters. The van der Waals surface area contributed by atoms with Crippen LogP contribution in [0.1, 0.15) is 35.6 Å². The van der Waals surface area contributed by atoms with Crippen molar-refractivity contribution in [2.45, 2.75) is 13.3 Å². The van der Waals surface area contributed by atoms with E-state index >= 15 is 0 Å². The summed E-state index contributed by atoms with van der Waals surface area (Å²) in [4.78, 5) is 0. The Hall–Kier alpha value is -4.15. The lowest BCUT2D eigenvalue weighted by Crippen LogP contribution is -1.94. The Labute approximate surface area is 190 Å². The summed E-state index contributed by atoms with van der Waals surface area (Å²) in [5, 5.41) is 1.09. The lowest BCUT2D eigenvalue weighted by Gasteiger charge is -2.03. The first kappa shape index (κ1) is 22.1. The van der Waals surface area contributed by atoms with Gasteiger partial charge in [0.2, 0.25) is 0 Å². The van der Waals surface area contributed by atoms with Crippen molar-refractivity contribution in [1.29, 1.82) is 0 Å². The van der Waals surface area contributed by atoms with Gasteiger partial charge in [0.15, 0.2) is 11.6 Å². The summed E-state index contributed by atoms with van der Waals surface area (Å²) in [5.41, 5.74) is 2.13. The van der Waals surface area contributed by atoms with Crippen LogP contribution in [0.2, 0.25) is 0 Å². The van der Waals surface area contributed by atoms with E-state index in [1.54, 1.807) is 30.3 Å². The number of rotatable bonds is 3. The number of halogens is 3. The van der Waals surface area contributed by atoms with Crippen LogP contribution in [0.25, 0.3) is 10.8 Å². The van der Waals surface area contributed by atoms with E-state index in [2.05, 4.69) is 23.7 Å². The van der Waals surface area contributed by atoms with Gasteiger partial charge < -0.3 is 4.74 Å². The summed E-state index contributed by atoms with van der Waals surface area (Å²) in [5.74, 6) is 10.1. The van der Waals surface area contributed by atoms with E-state index < -0.39 is 17.5 Å². The van der Waals surface area contributed by atoms with Crippen LogP contribution in [0.3, 0.4) is 0 Å². The van der Waals surface area contributed by atoms with Crippen LogP contribution in [-0.2, 0) is 0 Å². The van der Waals surface area contributed by atoms with Gasteiger partial charge in [0, 0.05) is 16.7 Å². The molecule has 0 spiro atoms. The van der Waals surface area contributed by atoms with Crippen LogP contribution in [0.15, 0.2) is 72.8 Å². The normalized spacial score (nSPS) is 10.2. The molecule has 0 amide bonds. The van der Waals surface area contributed by atoms with Crippen LogP contribution in [0.4, 0.5) is 13.2 Å². The van der Waals surface area contributed by atoms with Crippen LogP contribution in [-0.4, -0.2) is 6.61 Å². The fourth-order valence-electron chi connectivity index (χ4n) is 3.15. The molecule has 0 aliphatic rings. The zero-order chi connectivity index (χ0) is 23.2. The predicted octanol–water partition coefficient (Wildman–Crippen LogP) is 6.85. The van der Waals surface area contributed by atoms with Gasteiger partial charge in [-0.25, -0.2) is 13.2 Å². The van der Waals surface area contributed by atoms with Crippen molar-refractivity contribution in [3.63, 3.8) is 0 Å². The Bertz CT molecular complexity index is 1430. The predicted molar refractivity (Wildman–Crippen MR) is 124 cm³/mol. The van der Waals surface area contributed by atoms with Crippen molar-refractivity contribution in [3.8, 4) is 29.4 Å². The molecule has 4 aromatic rings. The van der Waals surface area contributed by atoms with Gasteiger partial charge in [0.1, 0.15) is 11.6 Å². The molecule has 0 bridgehead atoms. The fourth-order valence-corrected chi connectivity index (χ4v) is 3.15. The second-order valence-corrected chi connectivity index (χ2v) is 7.40. The molecular weight excluding hydrogens is 421 g/mol. The highest BCUT2D eigenvalue weighted by Gasteiger charge is 2.04. The topological polar surface area (TPSA) is 9.23 Å². The van der Waals surface area contributed by atoms with E-state index in [0.717, 1.165) is 29.9 Å².